The minimum atomic E-state index is -0.304. The highest BCUT2D eigenvalue weighted by atomic mass is 19.1. The van der Waals surface area contributed by atoms with E-state index in [0.29, 0.717) is 30.9 Å². The third kappa shape index (κ3) is 4.34. The van der Waals surface area contributed by atoms with Crippen molar-refractivity contribution in [3.8, 4) is 11.4 Å². The van der Waals surface area contributed by atoms with Crippen molar-refractivity contribution in [2.75, 3.05) is 6.61 Å². The Morgan fingerprint density at radius 2 is 1.74 bits per heavy atom. The summed E-state index contributed by atoms with van der Waals surface area (Å²) in [6, 6.07) is 12.8. The quantitative estimate of drug-likeness (QED) is 0.471. The fourth-order valence-electron chi connectivity index (χ4n) is 2.89. The molecule has 1 heterocycles. The number of halogens is 1. The lowest BCUT2D eigenvalue weighted by molar-refractivity contribution is 0.101. The van der Waals surface area contributed by atoms with E-state index in [0.717, 1.165) is 11.4 Å². The van der Waals surface area contributed by atoms with E-state index < -0.39 is 0 Å². The Morgan fingerprint density at radius 3 is 2.37 bits per heavy atom. The van der Waals surface area contributed by atoms with Crippen molar-refractivity contribution in [3.05, 3.63) is 82.3 Å². The van der Waals surface area contributed by atoms with Crippen LogP contribution < -0.4 is 10.4 Å². The summed E-state index contributed by atoms with van der Waals surface area (Å²) < 4.78 is 21.7. The first-order valence-electron chi connectivity index (χ1n) is 8.74. The van der Waals surface area contributed by atoms with Crippen LogP contribution in [0, 0.1) is 12.7 Å². The van der Waals surface area contributed by atoms with E-state index in [1.54, 1.807) is 51.7 Å². The van der Waals surface area contributed by atoms with Crippen LogP contribution in [-0.4, -0.2) is 21.5 Å². The van der Waals surface area contributed by atoms with Crippen LogP contribution in [0.1, 0.15) is 29.4 Å². The first-order chi connectivity index (χ1) is 13.0. The molecule has 0 aliphatic heterocycles. The molecule has 0 amide bonds. The normalized spacial score (nSPS) is 10.8. The Balaban J connectivity index is 1.65. The summed E-state index contributed by atoms with van der Waals surface area (Å²) in [4.78, 5) is 24.1. The zero-order valence-electron chi connectivity index (χ0n) is 15.3. The van der Waals surface area contributed by atoms with E-state index in [1.165, 1.54) is 19.1 Å². The number of benzene rings is 2. The number of nitrogens with zero attached hydrogens (tertiary/aromatic N) is 2. The molecule has 2 aromatic carbocycles. The second kappa shape index (κ2) is 8.03. The van der Waals surface area contributed by atoms with Crippen LogP contribution in [0.15, 0.2) is 59.5 Å². The third-order valence-corrected chi connectivity index (χ3v) is 4.29. The van der Waals surface area contributed by atoms with Gasteiger partial charge in [0, 0.05) is 24.0 Å². The van der Waals surface area contributed by atoms with E-state index >= 15 is 0 Å². The van der Waals surface area contributed by atoms with Crippen LogP contribution in [0.4, 0.5) is 4.39 Å². The number of carbonyl (C=O) groups excluding carboxylic acids is 1. The lowest BCUT2D eigenvalue weighted by atomic mass is 10.1. The average Bonchev–Trinajstić information content (AvgIpc) is 2.94. The lowest BCUT2D eigenvalue weighted by Gasteiger charge is -2.06. The fourth-order valence-corrected chi connectivity index (χ4v) is 2.89. The smallest absolute Gasteiger partial charge is 0.332 e. The first-order valence-corrected chi connectivity index (χ1v) is 8.74. The number of aryl methyl sites for hydroxylation is 2. The van der Waals surface area contributed by atoms with Gasteiger partial charge in [0.2, 0.25) is 0 Å². The van der Waals surface area contributed by atoms with E-state index in [9.17, 15) is 14.0 Å². The minimum absolute atomic E-state index is 0.00987. The fraction of sp³-hybridized carbons (Fsp3) is 0.238. The summed E-state index contributed by atoms with van der Waals surface area (Å²) in [5, 5.41) is 0. The van der Waals surface area contributed by atoms with Gasteiger partial charge in [0.05, 0.1) is 12.3 Å². The maximum atomic E-state index is 12.9. The zero-order valence-corrected chi connectivity index (χ0v) is 15.3. The highest BCUT2D eigenvalue weighted by Gasteiger charge is 2.10. The van der Waals surface area contributed by atoms with Crippen LogP contribution in [0.2, 0.25) is 0 Å². The number of ether oxygens (including phenoxy) is 1. The van der Waals surface area contributed by atoms with Crippen molar-refractivity contribution >= 4 is 5.78 Å². The molecular formula is C21H21FN2O3. The molecule has 3 rings (SSSR count). The number of Topliss-reactive ketones (excluding diaryl/α,β-unsaturated/α-hetero) is 1. The van der Waals surface area contributed by atoms with Crippen LogP contribution in [-0.2, 0) is 6.54 Å². The molecule has 0 saturated carbocycles. The number of hydrogen-bond donors (Lipinski definition) is 0. The van der Waals surface area contributed by atoms with Crippen molar-refractivity contribution in [2.24, 2.45) is 0 Å². The molecule has 5 nitrogen and oxygen atoms in total. The Kier molecular flexibility index (Phi) is 5.54. The van der Waals surface area contributed by atoms with Gasteiger partial charge in [0.1, 0.15) is 11.6 Å². The molecule has 0 N–H and O–H groups in total. The van der Waals surface area contributed by atoms with Crippen LogP contribution in [0.5, 0.6) is 5.75 Å². The Bertz CT molecular complexity index is 986. The van der Waals surface area contributed by atoms with Gasteiger partial charge in [-0.05, 0) is 68.8 Å². The molecule has 140 valence electrons. The molecule has 0 saturated heterocycles. The first kappa shape index (κ1) is 18.6. The summed E-state index contributed by atoms with van der Waals surface area (Å²) >= 11 is 0. The van der Waals surface area contributed by atoms with Crippen molar-refractivity contribution in [2.45, 2.75) is 26.8 Å². The standard InChI is InChI=1S/C21H21FN2O3/c1-15-14-23(12-3-13-27-20-10-6-18(22)7-11-20)21(26)24(15)19-8-4-17(5-9-19)16(2)25/h4-11,14H,3,12-13H2,1-2H3. The van der Waals surface area contributed by atoms with Crippen LogP contribution >= 0.6 is 0 Å². The predicted octanol–water partition coefficient (Wildman–Crippen LogP) is 3.76. The monoisotopic (exact) mass is 368 g/mol. The van der Waals surface area contributed by atoms with Crippen LogP contribution in [0.3, 0.4) is 0 Å². The van der Waals surface area contributed by atoms with E-state index in [2.05, 4.69) is 0 Å². The average molecular weight is 368 g/mol. The largest absolute Gasteiger partial charge is 0.494 e. The summed E-state index contributed by atoms with van der Waals surface area (Å²) in [6.45, 7) is 4.32. The molecule has 0 spiro atoms. The number of aromatic nitrogens is 2. The highest BCUT2D eigenvalue weighted by Crippen LogP contribution is 2.13. The number of rotatable bonds is 7. The maximum Gasteiger partial charge on any atom is 0.332 e. The van der Waals surface area contributed by atoms with Crippen molar-refractivity contribution in [1.29, 1.82) is 0 Å². The number of imidazole rings is 1. The van der Waals surface area contributed by atoms with Crippen LogP contribution in [0.25, 0.3) is 5.69 Å². The SMILES string of the molecule is CC(=O)c1ccc(-n2c(C)cn(CCCOc3ccc(F)cc3)c2=O)cc1. The van der Waals surface area contributed by atoms with Gasteiger partial charge in [-0.3, -0.25) is 13.9 Å². The summed E-state index contributed by atoms with van der Waals surface area (Å²) in [5.41, 5.74) is 2.02. The maximum absolute atomic E-state index is 12.9. The Hall–Kier alpha value is -3.15. The number of ketones is 1. The van der Waals surface area contributed by atoms with Crippen molar-refractivity contribution in [3.63, 3.8) is 0 Å². The molecule has 0 radical (unpaired) electrons. The van der Waals surface area contributed by atoms with Gasteiger partial charge in [-0.2, -0.15) is 0 Å². The van der Waals surface area contributed by atoms with Gasteiger partial charge < -0.3 is 4.74 Å². The molecule has 0 fully saturated rings. The van der Waals surface area contributed by atoms with E-state index in [-0.39, 0.29) is 17.3 Å². The molecule has 0 bridgehead atoms. The lowest BCUT2D eigenvalue weighted by Crippen LogP contribution is -2.24. The molecule has 0 aliphatic carbocycles. The molecule has 6 heteroatoms. The van der Waals surface area contributed by atoms with Gasteiger partial charge in [-0.1, -0.05) is 0 Å². The molecular weight excluding hydrogens is 347 g/mol. The summed E-state index contributed by atoms with van der Waals surface area (Å²) in [5.74, 6) is 0.287. The predicted molar refractivity (Wildman–Crippen MR) is 101 cm³/mol. The molecule has 0 aliphatic rings. The Labute approximate surface area is 156 Å². The number of hydrogen-bond acceptors (Lipinski definition) is 3. The van der Waals surface area contributed by atoms with Crippen molar-refractivity contribution in [1.82, 2.24) is 9.13 Å². The topological polar surface area (TPSA) is 53.2 Å². The van der Waals surface area contributed by atoms with Gasteiger partial charge in [-0.15, -0.1) is 0 Å². The zero-order chi connectivity index (χ0) is 19.4. The molecule has 27 heavy (non-hydrogen) atoms. The molecule has 1 aromatic heterocycles. The summed E-state index contributed by atoms with van der Waals surface area (Å²) in [7, 11) is 0. The molecule has 3 aromatic rings. The Morgan fingerprint density at radius 1 is 1.07 bits per heavy atom. The van der Waals surface area contributed by atoms with Crippen molar-refractivity contribution < 1.29 is 13.9 Å². The van der Waals surface area contributed by atoms with Gasteiger partial charge in [-0.25, -0.2) is 9.18 Å². The molecule has 0 atom stereocenters. The van der Waals surface area contributed by atoms with Gasteiger partial charge >= 0.3 is 5.69 Å². The number of carbonyl (C=O) groups is 1. The second-order valence-electron chi connectivity index (χ2n) is 6.34. The van der Waals surface area contributed by atoms with Gasteiger partial charge in [0.25, 0.3) is 0 Å². The third-order valence-electron chi connectivity index (χ3n) is 4.29. The van der Waals surface area contributed by atoms with E-state index in [1.807, 2.05) is 6.92 Å². The molecule has 0 unspecified atom stereocenters. The summed E-state index contributed by atoms with van der Waals surface area (Å²) in [6.07, 6.45) is 2.45. The van der Waals surface area contributed by atoms with E-state index in [4.69, 9.17) is 4.74 Å². The second-order valence-corrected chi connectivity index (χ2v) is 6.34. The van der Waals surface area contributed by atoms with Gasteiger partial charge in [0.15, 0.2) is 5.78 Å². The minimum Gasteiger partial charge on any atom is -0.494 e. The highest BCUT2D eigenvalue weighted by molar-refractivity contribution is 5.94.